The van der Waals surface area contributed by atoms with Gasteiger partial charge in [0, 0.05) is 6.54 Å². The van der Waals surface area contributed by atoms with Crippen LogP contribution in [0.15, 0.2) is 12.2 Å². The van der Waals surface area contributed by atoms with E-state index in [0.717, 1.165) is 13.1 Å². The predicted molar refractivity (Wildman–Crippen MR) is 60.5 cm³/mol. The Morgan fingerprint density at radius 2 is 2.47 bits per heavy atom. The largest absolute Gasteiger partial charge is 0.469 e. The first kappa shape index (κ1) is 12.2. The fraction of sp³-hybridized carbons (Fsp3) is 0.750. The minimum Gasteiger partial charge on any atom is -0.469 e. The smallest absolute Gasteiger partial charge is 0.306 e. The van der Waals surface area contributed by atoms with E-state index in [2.05, 4.69) is 22.2 Å². The number of allylic oxidation sites excluding steroid dienone is 1. The molecule has 1 fully saturated rings. The lowest BCUT2D eigenvalue weighted by Gasteiger charge is -2.19. The van der Waals surface area contributed by atoms with E-state index >= 15 is 0 Å². The molecule has 15 heavy (non-hydrogen) atoms. The molecule has 1 aliphatic heterocycles. The van der Waals surface area contributed by atoms with Crippen LogP contribution in [-0.4, -0.2) is 26.2 Å². The third kappa shape index (κ3) is 4.98. The number of nitrogens with one attached hydrogen (secondary N) is 1. The predicted octanol–water partition coefficient (Wildman–Crippen LogP) is 1.74. The van der Waals surface area contributed by atoms with E-state index < -0.39 is 0 Å². The number of hydrogen-bond donors (Lipinski definition) is 1. The zero-order chi connectivity index (χ0) is 11.1. The number of ether oxygens (including phenoxy) is 1. The molecule has 0 aliphatic carbocycles. The van der Waals surface area contributed by atoms with Crippen LogP contribution >= 0.6 is 0 Å². The summed E-state index contributed by atoms with van der Waals surface area (Å²) in [5.41, 5.74) is 0. The number of rotatable bonds is 4. The van der Waals surface area contributed by atoms with Crippen molar-refractivity contribution in [3.05, 3.63) is 12.2 Å². The second kappa shape index (κ2) is 6.62. The summed E-state index contributed by atoms with van der Waals surface area (Å²) < 4.78 is 4.63. The van der Waals surface area contributed by atoms with Crippen molar-refractivity contribution in [3.63, 3.8) is 0 Å². The van der Waals surface area contributed by atoms with Crippen LogP contribution in [0.1, 0.15) is 26.2 Å². The fourth-order valence-electron chi connectivity index (χ4n) is 1.80. The topological polar surface area (TPSA) is 38.3 Å². The average molecular weight is 211 g/mol. The van der Waals surface area contributed by atoms with E-state index in [1.165, 1.54) is 20.0 Å². The van der Waals surface area contributed by atoms with Crippen LogP contribution in [0.3, 0.4) is 0 Å². The number of piperidine rings is 1. The highest BCUT2D eigenvalue weighted by Crippen LogP contribution is 2.13. The van der Waals surface area contributed by atoms with Crippen molar-refractivity contribution in [2.45, 2.75) is 26.2 Å². The monoisotopic (exact) mass is 211 g/mol. The number of hydrogen-bond acceptors (Lipinski definition) is 3. The van der Waals surface area contributed by atoms with Gasteiger partial charge in [-0.15, -0.1) is 0 Å². The van der Waals surface area contributed by atoms with Crippen LogP contribution in [0.25, 0.3) is 0 Å². The van der Waals surface area contributed by atoms with E-state index in [0.29, 0.717) is 12.3 Å². The van der Waals surface area contributed by atoms with Gasteiger partial charge < -0.3 is 10.1 Å². The summed E-state index contributed by atoms with van der Waals surface area (Å²) >= 11 is 0. The van der Waals surface area contributed by atoms with E-state index in [1.54, 1.807) is 0 Å². The van der Waals surface area contributed by atoms with Gasteiger partial charge in [0.25, 0.3) is 0 Å². The summed E-state index contributed by atoms with van der Waals surface area (Å²) in [6, 6.07) is 0. The highest BCUT2D eigenvalue weighted by atomic mass is 16.5. The standard InChI is InChI=1S/C12H21NO2/c1-10(8-12(14)15-2)5-6-11-4-3-7-13-9-11/h5-6,10-11,13H,3-4,7-9H2,1-2H3/b6-5+/t10?,11-/m0/s1. The minimum absolute atomic E-state index is 0.131. The molecule has 0 aromatic carbocycles. The molecule has 0 radical (unpaired) electrons. The zero-order valence-corrected chi connectivity index (χ0v) is 9.66. The SMILES string of the molecule is COC(=O)CC(C)/C=C/[C@@H]1CCCNC1. The number of methoxy groups -OCH3 is 1. The van der Waals surface area contributed by atoms with Gasteiger partial charge in [-0.3, -0.25) is 4.79 Å². The second-order valence-electron chi connectivity index (χ2n) is 4.25. The third-order valence-electron chi connectivity index (χ3n) is 2.76. The van der Waals surface area contributed by atoms with Crippen LogP contribution in [0, 0.1) is 11.8 Å². The molecule has 3 nitrogen and oxygen atoms in total. The molecule has 1 heterocycles. The van der Waals surface area contributed by atoms with E-state index in [1.807, 2.05) is 6.92 Å². The maximum absolute atomic E-state index is 11.0. The van der Waals surface area contributed by atoms with Crippen molar-refractivity contribution in [1.82, 2.24) is 5.32 Å². The molecule has 3 heteroatoms. The quantitative estimate of drug-likeness (QED) is 0.568. The fourth-order valence-corrected chi connectivity index (χ4v) is 1.80. The zero-order valence-electron chi connectivity index (χ0n) is 9.66. The summed E-state index contributed by atoms with van der Waals surface area (Å²) in [4.78, 5) is 11.0. The van der Waals surface area contributed by atoms with Gasteiger partial charge in [0.05, 0.1) is 13.5 Å². The van der Waals surface area contributed by atoms with Crippen LogP contribution in [0.2, 0.25) is 0 Å². The first-order chi connectivity index (χ1) is 7.22. The highest BCUT2D eigenvalue weighted by molar-refractivity contribution is 5.69. The van der Waals surface area contributed by atoms with Gasteiger partial charge in [-0.05, 0) is 31.2 Å². The van der Waals surface area contributed by atoms with Crippen LogP contribution in [-0.2, 0) is 9.53 Å². The number of esters is 1. The molecule has 0 aromatic rings. The molecule has 0 saturated carbocycles. The minimum atomic E-state index is -0.131. The molecular weight excluding hydrogens is 190 g/mol. The second-order valence-corrected chi connectivity index (χ2v) is 4.25. The van der Waals surface area contributed by atoms with Crippen molar-refractivity contribution < 1.29 is 9.53 Å². The molecule has 1 unspecified atom stereocenters. The Hall–Kier alpha value is -0.830. The Bertz CT molecular complexity index is 220. The Morgan fingerprint density at radius 1 is 1.67 bits per heavy atom. The first-order valence-electron chi connectivity index (χ1n) is 5.68. The maximum atomic E-state index is 11.0. The summed E-state index contributed by atoms with van der Waals surface area (Å²) in [6.45, 7) is 4.26. The molecule has 1 aliphatic rings. The average Bonchev–Trinajstić information content (AvgIpc) is 2.27. The molecule has 86 valence electrons. The Balaban J connectivity index is 2.25. The lowest BCUT2D eigenvalue weighted by molar-refractivity contribution is -0.141. The van der Waals surface area contributed by atoms with Crippen LogP contribution < -0.4 is 5.32 Å². The Kier molecular flexibility index (Phi) is 5.40. The summed E-state index contributed by atoms with van der Waals surface area (Å²) in [5.74, 6) is 0.784. The van der Waals surface area contributed by atoms with Crippen molar-refractivity contribution in [2.24, 2.45) is 11.8 Å². The molecular formula is C12H21NO2. The van der Waals surface area contributed by atoms with E-state index in [9.17, 15) is 4.79 Å². The lowest BCUT2D eigenvalue weighted by Crippen LogP contribution is -2.28. The normalized spacial score (nSPS) is 24.0. The molecule has 0 amide bonds. The Morgan fingerprint density at radius 3 is 3.07 bits per heavy atom. The molecule has 2 atom stereocenters. The van der Waals surface area contributed by atoms with Gasteiger partial charge in [-0.1, -0.05) is 19.1 Å². The first-order valence-corrected chi connectivity index (χ1v) is 5.68. The highest BCUT2D eigenvalue weighted by Gasteiger charge is 2.10. The van der Waals surface area contributed by atoms with Crippen LogP contribution in [0.4, 0.5) is 0 Å². The molecule has 1 saturated heterocycles. The van der Waals surface area contributed by atoms with Gasteiger partial charge in [-0.25, -0.2) is 0 Å². The molecule has 0 bridgehead atoms. The number of carbonyl (C=O) groups is 1. The van der Waals surface area contributed by atoms with E-state index in [4.69, 9.17) is 0 Å². The molecule has 1 N–H and O–H groups in total. The maximum Gasteiger partial charge on any atom is 0.306 e. The van der Waals surface area contributed by atoms with Crippen LogP contribution in [0.5, 0.6) is 0 Å². The van der Waals surface area contributed by atoms with Gasteiger partial charge in [-0.2, -0.15) is 0 Å². The van der Waals surface area contributed by atoms with E-state index in [-0.39, 0.29) is 11.9 Å². The summed E-state index contributed by atoms with van der Waals surface area (Å²) in [7, 11) is 1.43. The van der Waals surface area contributed by atoms with Crippen molar-refractivity contribution in [3.8, 4) is 0 Å². The van der Waals surface area contributed by atoms with Gasteiger partial charge in [0.2, 0.25) is 0 Å². The van der Waals surface area contributed by atoms with Gasteiger partial charge in [0.1, 0.15) is 0 Å². The molecule has 1 rings (SSSR count). The summed E-state index contributed by atoms with van der Waals surface area (Å²) in [6.07, 6.45) is 7.36. The Labute approximate surface area is 91.9 Å². The molecule has 0 spiro atoms. The lowest BCUT2D eigenvalue weighted by atomic mass is 9.97. The van der Waals surface area contributed by atoms with Crippen molar-refractivity contribution in [1.29, 1.82) is 0 Å². The van der Waals surface area contributed by atoms with Crippen molar-refractivity contribution in [2.75, 3.05) is 20.2 Å². The number of carbonyl (C=O) groups excluding carboxylic acids is 1. The van der Waals surface area contributed by atoms with Crippen molar-refractivity contribution >= 4 is 5.97 Å². The van der Waals surface area contributed by atoms with Gasteiger partial charge in [0.15, 0.2) is 0 Å². The molecule has 0 aromatic heterocycles. The van der Waals surface area contributed by atoms with Gasteiger partial charge >= 0.3 is 5.97 Å². The third-order valence-corrected chi connectivity index (χ3v) is 2.76. The summed E-state index contributed by atoms with van der Waals surface area (Å²) in [5, 5.41) is 3.37.